The van der Waals surface area contributed by atoms with E-state index in [0.717, 1.165) is 22.0 Å². The molecular weight excluding hydrogens is 324 g/mol. The van der Waals surface area contributed by atoms with Crippen LogP contribution in [0.5, 0.6) is 0 Å². The second-order valence-corrected chi connectivity index (χ2v) is 6.22. The molecule has 1 amide bonds. The number of aromatic nitrogens is 1. The van der Waals surface area contributed by atoms with Gasteiger partial charge >= 0.3 is 0 Å². The van der Waals surface area contributed by atoms with Crippen molar-refractivity contribution in [3.05, 3.63) is 90.0 Å². The van der Waals surface area contributed by atoms with E-state index in [1.165, 1.54) is 0 Å². The molecule has 0 saturated carbocycles. The number of carbonyl (C=O) groups excluding carboxylic acids is 1. The van der Waals surface area contributed by atoms with Crippen molar-refractivity contribution in [2.45, 2.75) is 13.0 Å². The van der Waals surface area contributed by atoms with Gasteiger partial charge in [0.2, 0.25) is 0 Å². The molecule has 0 fully saturated rings. The summed E-state index contributed by atoms with van der Waals surface area (Å²) in [6, 6.07) is 25.0. The molecule has 0 bridgehead atoms. The molecule has 1 atom stereocenters. The van der Waals surface area contributed by atoms with Gasteiger partial charge in [-0.25, -0.2) is 0 Å². The number of amides is 1. The van der Waals surface area contributed by atoms with E-state index in [1.807, 2.05) is 79.7 Å². The number of rotatable bonds is 4. The molecule has 1 heterocycles. The molecule has 4 nitrogen and oxygen atoms in total. The zero-order valence-corrected chi connectivity index (χ0v) is 14.3. The normalized spacial score (nSPS) is 12.0. The van der Waals surface area contributed by atoms with Crippen molar-refractivity contribution in [3.63, 3.8) is 0 Å². The predicted molar refractivity (Wildman–Crippen MR) is 102 cm³/mol. The molecule has 26 heavy (non-hydrogen) atoms. The van der Waals surface area contributed by atoms with Gasteiger partial charge in [-0.2, -0.15) is 0 Å². The van der Waals surface area contributed by atoms with E-state index in [0.29, 0.717) is 11.3 Å². The van der Waals surface area contributed by atoms with Crippen molar-refractivity contribution in [1.82, 2.24) is 10.5 Å². The summed E-state index contributed by atoms with van der Waals surface area (Å²) in [5, 5.41) is 7.97. The third-order valence-corrected chi connectivity index (χ3v) is 4.42. The fourth-order valence-electron chi connectivity index (χ4n) is 2.99. The Hall–Kier alpha value is -3.40. The number of carbonyl (C=O) groups is 1. The SMILES string of the molecule is C[C@@H](NC(=O)c1ccc2noc(-c3ccccc3)c2c1)c1ccccc1. The van der Waals surface area contributed by atoms with Gasteiger partial charge in [-0.05, 0) is 30.7 Å². The van der Waals surface area contributed by atoms with Crippen LogP contribution in [0.25, 0.3) is 22.2 Å². The zero-order valence-electron chi connectivity index (χ0n) is 14.3. The fraction of sp³-hybridized carbons (Fsp3) is 0.0909. The Morgan fingerprint density at radius 3 is 2.38 bits per heavy atom. The van der Waals surface area contributed by atoms with Gasteiger partial charge in [0.05, 0.1) is 11.4 Å². The summed E-state index contributed by atoms with van der Waals surface area (Å²) < 4.78 is 5.50. The van der Waals surface area contributed by atoms with Crippen LogP contribution in [0.4, 0.5) is 0 Å². The highest BCUT2D eigenvalue weighted by molar-refractivity contribution is 6.01. The number of hydrogen-bond donors (Lipinski definition) is 1. The number of fused-ring (bicyclic) bond motifs is 1. The summed E-state index contributed by atoms with van der Waals surface area (Å²) >= 11 is 0. The van der Waals surface area contributed by atoms with Crippen LogP contribution < -0.4 is 5.32 Å². The maximum atomic E-state index is 12.7. The van der Waals surface area contributed by atoms with Gasteiger partial charge in [-0.3, -0.25) is 4.79 Å². The van der Waals surface area contributed by atoms with Crippen LogP contribution in [-0.4, -0.2) is 11.1 Å². The van der Waals surface area contributed by atoms with E-state index in [2.05, 4.69) is 10.5 Å². The van der Waals surface area contributed by atoms with E-state index in [4.69, 9.17) is 4.52 Å². The first-order chi connectivity index (χ1) is 12.7. The molecule has 3 aromatic carbocycles. The molecule has 4 rings (SSSR count). The second-order valence-electron chi connectivity index (χ2n) is 6.22. The van der Waals surface area contributed by atoms with E-state index >= 15 is 0 Å². The minimum atomic E-state index is -0.122. The highest BCUT2D eigenvalue weighted by atomic mass is 16.5. The minimum Gasteiger partial charge on any atom is -0.355 e. The topological polar surface area (TPSA) is 55.1 Å². The Balaban J connectivity index is 1.64. The molecule has 4 heteroatoms. The number of hydrogen-bond acceptors (Lipinski definition) is 3. The van der Waals surface area contributed by atoms with Crippen molar-refractivity contribution < 1.29 is 9.32 Å². The number of nitrogens with one attached hydrogen (secondary N) is 1. The Morgan fingerprint density at radius 2 is 1.65 bits per heavy atom. The lowest BCUT2D eigenvalue weighted by atomic mass is 10.0. The summed E-state index contributed by atoms with van der Waals surface area (Å²) in [7, 11) is 0. The maximum absolute atomic E-state index is 12.7. The van der Waals surface area contributed by atoms with Gasteiger partial charge in [-0.15, -0.1) is 0 Å². The van der Waals surface area contributed by atoms with Crippen LogP contribution in [0.1, 0.15) is 28.9 Å². The molecule has 0 saturated heterocycles. The molecule has 0 aliphatic carbocycles. The van der Waals surface area contributed by atoms with Gasteiger partial charge in [0.15, 0.2) is 5.76 Å². The van der Waals surface area contributed by atoms with Crippen LogP contribution in [-0.2, 0) is 0 Å². The van der Waals surface area contributed by atoms with Crippen molar-refractivity contribution in [2.24, 2.45) is 0 Å². The second kappa shape index (κ2) is 6.84. The number of nitrogens with zero attached hydrogens (tertiary/aromatic N) is 1. The van der Waals surface area contributed by atoms with E-state index in [9.17, 15) is 4.79 Å². The first-order valence-electron chi connectivity index (χ1n) is 8.53. The summed E-state index contributed by atoms with van der Waals surface area (Å²) in [4.78, 5) is 12.7. The maximum Gasteiger partial charge on any atom is 0.251 e. The van der Waals surface area contributed by atoms with Gasteiger partial charge in [0.1, 0.15) is 5.52 Å². The van der Waals surface area contributed by atoms with Crippen molar-refractivity contribution in [1.29, 1.82) is 0 Å². The Kier molecular flexibility index (Phi) is 4.23. The van der Waals surface area contributed by atoms with Crippen LogP contribution in [0.15, 0.2) is 83.4 Å². The summed E-state index contributed by atoms with van der Waals surface area (Å²) in [6.07, 6.45) is 0. The molecule has 1 N–H and O–H groups in total. The van der Waals surface area contributed by atoms with Crippen molar-refractivity contribution in [2.75, 3.05) is 0 Å². The largest absolute Gasteiger partial charge is 0.355 e. The summed E-state index contributed by atoms with van der Waals surface area (Å²) in [5.41, 5.74) is 3.32. The first kappa shape index (κ1) is 16.1. The third kappa shape index (κ3) is 3.09. The van der Waals surface area contributed by atoms with Crippen molar-refractivity contribution in [3.8, 4) is 11.3 Å². The van der Waals surface area contributed by atoms with Crippen LogP contribution >= 0.6 is 0 Å². The molecule has 0 aliphatic rings. The van der Waals surface area contributed by atoms with Gasteiger partial charge < -0.3 is 9.84 Å². The minimum absolute atomic E-state index is 0.0736. The summed E-state index contributed by atoms with van der Waals surface area (Å²) in [5.74, 6) is 0.551. The molecule has 0 unspecified atom stereocenters. The Labute approximate surface area is 151 Å². The van der Waals surface area contributed by atoms with E-state index in [1.54, 1.807) is 6.07 Å². The van der Waals surface area contributed by atoms with Gasteiger partial charge in [-0.1, -0.05) is 65.8 Å². The van der Waals surface area contributed by atoms with Gasteiger partial charge in [0, 0.05) is 11.1 Å². The molecule has 0 aliphatic heterocycles. The van der Waals surface area contributed by atoms with Crippen LogP contribution in [0.3, 0.4) is 0 Å². The quantitative estimate of drug-likeness (QED) is 0.569. The van der Waals surface area contributed by atoms with Gasteiger partial charge in [0.25, 0.3) is 5.91 Å². The van der Waals surface area contributed by atoms with E-state index in [-0.39, 0.29) is 11.9 Å². The van der Waals surface area contributed by atoms with Crippen LogP contribution in [0, 0.1) is 0 Å². The molecule has 128 valence electrons. The lowest BCUT2D eigenvalue weighted by molar-refractivity contribution is 0.0940. The Morgan fingerprint density at radius 1 is 0.962 bits per heavy atom. The average molecular weight is 342 g/mol. The third-order valence-electron chi connectivity index (χ3n) is 4.42. The zero-order chi connectivity index (χ0) is 17.9. The molecule has 0 radical (unpaired) electrons. The summed E-state index contributed by atoms with van der Waals surface area (Å²) in [6.45, 7) is 1.97. The van der Waals surface area contributed by atoms with Crippen molar-refractivity contribution >= 4 is 16.8 Å². The fourth-order valence-corrected chi connectivity index (χ4v) is 2.99. The van der Waals surface area contributed by atoms with E-state index < -0.39 is 0 Å². The number of benzene rings is 3. The smallest absolute Gasteiger partial charge is 0.251 e. The lowest BCUT2D eigenvalue weighted by Crippen LogP contribution is -2.26. The molecular formula is C22H18N2O2. The Bertz CT molecular complexity index is 1040. The predicted octanol–water partition coefficient (Wildman–Crippen LogP) is 4.99. The highest BCUT2D eigenvalue weighted by Gasteiger charge is 2.15. The average Bonchev–Trinajstić information content (AvgIpc) is 3.12. The molecule has 0 spiro atoms. The first-order valence-corrected chi connectivity index (χ1v) is 8.53. The molecule has 1 aromatic heterocycles. The van der Waals surface area contributed by atoms with Crippen LogP contribution in [0.2, 0.25) is 0 Å². The lowest BCUT2D eigenvalue weighted by Gasteiger charge is -2.14. The monoisotopic (exact) mass is 342 g/mol. The molecule has 4 aromatic rings. The standard InChI is InChI=1S/C22H18N2O2/c1-15(16-8-4-2-5-9-16)23-22(25)18-12-13-20-19(14-18)21(26-24-20)17-10-6-3-7-11-17/h2-15H,1H3,(H,23,25)/t15-/m1/s1. The highest BCUT2D eigenvalue weighted by Crippen LogP contribution is 2.29.